The van der Waals surface area contributed by atoms with Crippen LogP contribution in [0.3, 0.4) is 0 Å². The molecule has 0 radical (unpaired) electrons. The second-order valence-corrected chi connectivity index (χ2v) is 4.23. The molecule has 1 aromatic carbocycles. The molecule has 7 heteroatoms. The molecule has 1 rings (SSSR count). The molecule has 0 amide bonds. The maximum absolute atomic E-state index is 13.1. The number of hydrogen-bond donors (Lipinski definition) is 1. The SMILES string of the molecule is CCNC(C)(c1cccc(C(F)(F)F)c1)C(F)(F)F. The first kappa shape index (κ1) is 15.8. The first-order valence-corrected chi connectivity index (χ1v) is 5.52. The lowest BCUT2D eigenvalue weighted by Gasteiger charge is -2.33. The molecule has 0 aliphatic heterocycles. The Hall–Kier alpha value is -1.24. The van der Waals surface area contributed by atoms with Crippen molar-refractivity contribution in [3.8, 4) is 0 Å². The van der Waals surface area contributed by atoms with Crippen LogP contribution in [-0.4, -0.2) is 12.7 Å². The highest BCUT2D eigenvalue weighted by Gasteiger charge is 2.52. The van der Waals surface area contributed by atoms with Gasteiger partial charge in [-0.1, -0.05) is 19.1 Å². The second kappa shape index (κ2) is 5.03. The van der Waals surface area contributed by atoms with Gasteiger partial charge in [-0.3, -0.25) is 0 Å². The van der Waals surface area contributed by atoms with Crippen LogP contribution in [0.4, 0.5) is 26.3 Å². The molecule has 1 N–H and O–H groups in total. The Labute approximate surface area is 106 Å². The molecule has 0 heterocycles. The average molecular weight is 285 g/mol. The van der Waals surface area contributed by atoms with Gasteiger partial charge >= 0.3 is 12.4 Å². The highest BCUT2D eigenvalue weighted by atomic mass is 19.4. The van der Waals surface area contributed by atoms with Crippen molar-refractivity contribution in [3.63, 3.8) is 0 Å². The number of benzene rings is 1. The van der Waals surface area contributed by atoms with E-state index in [1.165, 1.54) is 6.92 Å². The number of alkyl halides is 6. The van der Waals surface area contributed by atoms with Gasteiger partial charge in [-0.05, 0) is 31.2 Å². The third kappa shape index (κ3) is 3.20. The van der Waals surface area contributed by atoms with E-state index in [2.05, 4.69) is 5.32 Å². The van der Waals surface area contributed by atoms with Crippen LogP contribution in [0, 0.1) is 0 Å². The van der Waals surface area contributed by atoms with E-state index < -0.39 is 29.0 Å². The van der Waals surface area contributed by atoms with Crippen LogP contribution in [-0.2, 0) is 11.7 Å². The Morgan fingerprint density at radius 1 is 1.00 bits per heavy atom. The quantitative estimate of drug-likeness (QED) is 0.825. The summed E-state index contributed by atoms with van der Waals surface area (Å²) in [6.45, 7) is 2.26. The molecule has 1 unspecified atom stereocenters. The van der Waals surface area contributed by atoms with Crippen LogP contribution in [0.15, 0.2) is 24.3 Å². The Morgan fingerprint density at radius 3 is 1.95 bits per heavy atom. The Morgan fingerprint density at radius 2 is 1.53 bits per heavy atom. The van der Waals surface area contributed by atoms with E-state index in [4.69, 9.17) is 0 Å². The summed E-state index contributed by atoms with van der Waals surface area (Å²) in [5, 5.41) is 2.20. The van der Waals surface area contributed by atoms with Crippen LogP contribution in [0.2, 0.25) is 0 Å². The predicted octanol–water partition coefficient (Wildman–Crippen LogP) is 4.09. The summed E-state index contributed by atoms with van der Waals surface area (Å²) in [6, 6.07) is 3.27. The minimum Gasteiger partial charge on any atom is -0.300 e. The van der Waals surface area contributed by atoms with Gasteiger partial charge < -0.3 is 5.32 Å². The number of nitrogens with one attached hydrogen (secondary N) is 1. The molecule has 0 spiro atoms. The van der Waals surface area contributed by atoms with E-state index in [1.54, 1.807) is 0 Å². The van der Waals surface area contributed by atoms with Crippen molar-refractivity contribution in [2.24, 2.45) is 0 Å². The summed E-state index contributed by atoms with van der Waals surface area (Å²) in [7, 11) is 0. The first-order valence-electron chi connectivity index (χ1n) is 5.52. The molecular weight excluding hydrogens is 272 g/mol. The van der Waals surface area contributed by atoms with Gasteiger partial charge in [-0.25, -0.2) is 0 Å². The van der Waals surface area contributed by atoms with Gasteiger partial charge in [0, 0.05) is 0 Å². The summed E-state index contributed by atoms with van der Waals surface area (Å²) in [5.74, 6) is 0. The molecule has 19 heavy (non-hydrogen) atoms. The minimum absolute atomic E-state index is 0.0216. The minimum atomic E-state index is -4.70. The van der Waals surface area contributed by atoms with Gasteiger partial charge in [-0.15, -0.1) is 0 Å². The van der Waals surface area contributed by atoms with Crippen molar-refractivity contribution < 1.29 is 26.3 Å². The molecule has 108 valence electrons. The lowest BCUT2D eigenvalue weighted by atomic mass is 9.90. The summed E-state index contributed by atoms with van der Waals surface area (Å²) < 4.78 is 76.8. The monoisotopic (exact) mass is 285 g/mol. The second-order valence-electron chi connectivity index (χ2n) is 4.23. The van der Waals surface area contributed by atoms with Gasteiger partial charge in [0.15, 0.2) is 0 Å². The molecule has 0 bridgehead atoms. The fourth-order valence-electron chi connectivity index (χ4n) is 1.73. The molecule has 0 saturated carbocycles. The highest BCUT2D eigenvalue weighted by molar-refractivity contribution is 5.32. The Kier molecular flexibility index (Phi) is 4.19. The van der Waals surface area contributed by atoms with Crippen LogP contribution >= 0.6 is 0 Å². The smallest absolute Gasteiger partial charge is 0.300 e. The fourth-order valence-corrected chi connectivity index (χ4v) is 1.73. The normalized spacial score (nSPS) is 16.2. The van der Waals surface area contributed by atoms with Crippen molar-refractivity contribution in [1.29, 1.82) is 0 Å². The first-order chi connectivity index (χ1) is 8.52. The molecule has 1 atom stereocenters. The van der Waals surface area contributed by atoms with E-state index in [9.17, 15) is 26.3 Å². The van der Waals surface area contributed by atoms with Gasteiger partial charge in [0.1, 0.15) is 5.54 Å². The van der Waals surface area contributed by atoms with Gasteiger partial charge in [0.2, 0.25) is 0 Å². The van der Waals surface area contributed by atoms with Crippen LogP contribution in [0.5, 0.6) is 0 Å². The number of hydrogen-bond acceptors (Lipinski definition) is 1. The lowest BCUT2D eigenvalue weighted by molar-refractivity contribution is -0.195. The van der Waals surface area contributed by atoms with Gasteiger partial charge in [0.25, 0.3) is 0 Å². The Balaban J connectivity index is 3.33. The molecule has 0 saturated heterocycles. The van der Waals surface area contributed by atoms with E-state index in [0.29, 0.717) is 6.07 Å². The van der Waals surface area contributed by atoms with Crippen molar-refractivity contribution in [1.82, 2.24) is 5.32 Å². The van der Waals surface area contributed by atoms with Crippen LogP contribution < -0.4 is 5.32 Å². The topological polar surface area (TPSA) is 12.0 Å². The third-order valence-corrected chi connectivity index (χ3v) is 2.86. The molecule has 0 aliphatic carbocycles. The number of rotatable bonds is 3. The molecule has 0 fully saturated rings. The molecule has 1 aromatic rings. The molecule has 0 aliphatic rings. The predicted molar refractivity (Wildman–Crippen MR) is 58.5 cm³/mol. The largest absolute Gasteiger partial charge is 0.416 e. The van der Waals surface area contributed by atoms with Crippen LogP contribution in [0.25, 0.3) is 0 Å². The summed E-state index contributed by atoms with van der Waals surface area (Å²) >= 11 is 0. The third-order valence-electron chi connectivity index (χ3n) is 2.86. The standard InChI is InChI=1S/C12H13F6N/c1-3-19-10(2,12(16,17)18)8-5-4-6-9(7-8)11(13,14)15/h4-7,19H,3H2,1-2H3. The Bertz CT molecular complexity index is 437. The average Bonchev–Trinajstić information content (AvgIpc) is 2.27. The zero-order valence-corrected chi connectivity index (χ0v) is 10.3. The zero-order valence-electron chi connectivity index (χ0n) is 10.3. The molecular formula is C12H13F6N. The van der Waals surface area contributed by atoms with Gasteiger partial charge in [-0.2, -0.15) is 26.3 Å². The van der Waals surface area contributed by atoms with E-state index >= 15 is 0 Å². The highest BCUT2D eigenvalue weighted by Crippen LogP contribution is 2.40. The van der Waals surface area contributed by atoms with Crippen molar-refractivity contribution in [2.75, 3.05) is 6.54 Å². The van der Waals surface area contributed by atoms with E-state index in [1.807, 2.05) is 0 Å². The van der Waals surface area contributed by atoms with Gasteiger partial charge in [0.05, 0.1) is 5.56 Å². The van der Waals surface area contributed by atoms with E-state index in [-0.39, 0.29) is 6.54 Å². The summed E-state index contributed by atoms with van der Waals surface area (Å²) in [5.41, 5.74) is -4.07. The lowest BCUT2D eigenvalue weighted by Crippen LogP contribution is -2.51. The van der Waals surface area contributed by atoms with Crippen molar-refractivity contribution in [2.45, 2.75) is 31.7 Å². The van der Waals surface area contributed by atoms with Crippen molar-refractivity contribution >= 4 is 0 Å². The maximum Gasteiger partial charge on any atom is 0.416 e. The maximum atomic E-state index is 13.1. The van der Waals surface area contributed by atoms with Crippen LogP contribution in [0.1, 0.15) is 25.0 Å². The summed E-state index contributed by atoms with van der Waals surface area (Å²) in [4.78, 5) is 0. The number of halogens is 6. The summed E-state index contributed by atoms with van der Waals surface area (Å²) in [6.07, 6.45) is -9.37. The zero-order chi connectivity index (χ0) is 14.9. The molecule has 1 nitrogen and oxygen atoms in total. The van der Waals surface area contributed by atoms with E-state index in [0.717, 1.165) is 25.1 Å². The van der Waals surface area contributed by atoms with Crippen molar-refractivity contribution in [3.05, 3.63) is 35.4 Å². The fraction of sp³-hybridized carbons (Fsp3) is 0.500. The molecule has 0 aromatic heterocycles.